The van der Waals surface area contributed by atoms with Crippen molar-refractivity contribution >= 4 is 11.7 Å². The standard InChI is InChI=1S/C15H21FN2O/c1-10-4-3-5-14(11(10)2)18-15(19)17-13-8-6-12(16)7-9-13/h6-11,14H,3-5H2,1-2H3,(H2,17,18,19)/t10-,11-,14-/m1/s1. The van der Waals surface area contributed by atoms with Gasteiger partial charge in [0.1, 0.15) is 5.82 Å². The molecular formula is C15H21FN2O. The SMILES string of the molecule is C[C@@H]1[C@H](C)CCC[C@H]1NC(=O)Nc1ccc(F)cc1. The number of carbonyl (C=O) groups excluding carboxylic acids is 1. The van der Waals surface area contributed by atoms with Crippen LogP contribution in [0.4, 0.5) is 14.9 Å². The highest BCUT2D eigenvalue weighted by atomic mass is 19.1. The predicted octanol–water partition coefficient (Wildman–Crippen LogP) is 3.77. The maximum absolute atomic E-state index is 12.8. The van der Waals surface area contributed by atoms with Gasteiger partial charge in [-0.05, 0) is 42.5 Å². The number of rotatable bonds is 2. The van der Waals surface area contributed by atoms with E-state index < -0.39 is 0 Å². The van der Waals surface area contributed by atoms with E-state index in [1.54, 1.807) is 12.1 Å². The van der Waals surface area contributed by atoms with Crippen LogP contribution in [0, 0.1) is 17.7 Å². The quantitative estimate of drug-likeness (QED) is 0.838. The van der Waals surface area contributed by atoms with E-state index in [4.69, 9.17) is 0 Å². The summed E-state index contributed by atoms with van der Waals surface area (Å²) >= 11 is 0. The lowest BCUT2D eigenvalue weighted by Gasteiger charge is -2.34. The fourth-order valence-electron chi connectivity index (χ4n) is 2.65. The number of carbonyl (C=O) groups is 1. The lowest BCUT2D eigenvalue weighted by Crippen LogP contribution is -2.45. The van der Waals surface area contributed by atoms with E-state index in [-0.39, 0.29) is 17.9 Å². The largest absolute Gasteiger partial charge is 0.335 e. The van der Waals surface area contributed by atoms with Crippen molar-refractivity contribution in [1.82, 2.24) is 5.32 Å². The topological polar surface area (TPSA) is 41.1 Å². The molecule has 0 bridgehead atoms. The van der Waals surface area contributed by atoms with Gasteiger partial charge in [-0.25, -0.2) is 9.18 Å². The van der Waals surface area contributed by atoms with Crippen LogP contribution >= 0.6 is 0 Å². The average molecular weight is 264 g/mol. The van der Waals surface area contributed by atoms with Crippen molar-refractivity contribution < 1.29 is 9.18 Å². The second-order valence-corrected chi connectivity index (χ2v) is 5.48. The first kappa shape index (κ1) is 13.8. The maximum atomic E-state index is 12.8. The Morgan fingerprint density at radius 1 is 1.21 bits per heavy atom. The van der Waals surface area contributed by atoms with Crippen LogP contribution in [0.2, 0.25) is 0 Å². The Bertz CT molecular complexity index is 432. The minimum atomic E-state index is -0.305. The fourth-order valence-corrected chi connectivity index (χ4v) is 2.65. The third-order valence-corrected chi connectivity index (χ3v) is 4.13. The van der Waals surface area contributed by atoms with Gasteiger partial charge in [0.05, 0.1) is 0 Å². The summed E-state index contributed by atoms with van der Waals surface area (Å²) in [5, 5.41) is 5.75. The first-order valence-corrected chi connectivity index (χ1v) is 6.89. The number of nitrogens with one attached hydrogen (secondary N) is 2. The van der Waals surface area contributed by atoms with Gasteiger partial charge in [-0.15, -0.1) is 0 Å². The van der Waals surface area contributed by atoms with E-state index in [0.29, 0.717) is 17.5 Å². The number of anilines is 1. The highest BCUT2D eigenvalue weighted by Gasteiger charge is 2.28. The molecule has 0 aliphatic heterocycles. The zero-order chi connectivity index (χ0) is 13.8. The summed E-state index contributed by atoms with van der Waals surface area (Å²) < 4.78 is 12.8. The molecule has 0 aromatic heterocycles. The molecule has 0 spiro atoms. The maximum Gasteiger partial charge on any atom is 0.319 e. The normalized spacial score (nSPS) is 26.8. The van der Waals surface area contributed by atoms with Gasteiger partial charge in [-0.1, -0.05) is 26.7 Å². The lowest BCUT2D eigenvalue weighted by atomic mass is 9.78. The molecule has 104 valence electrons. The Hall–Kier alpha value is -1.58. The molecule has 1 saturated carbocycles. The molecule has 0 heterocycles. The first-order valence-electron chi connectivity index (χ1n) is 6.89. The number of urea groups is 1. The Kier molecular flexibility index (Phi) is 4.40. The van der Waals surface area contributed by atoms with Crippen molar-refractivity contribution in [2.75, 3.05) is 5.32 Å². The fraction of sp³-hybridized carbons (Fsp3) is 0.533. The summed E-state index contributed by atoms with van der Waals surface area (Å²) in [7, 11) is 0. The van der Waals surface area contributed by atoms with Gasteiger partial charge in [-0.2, -0.15) is 0 Å². The molecule has 4 heteroatoms. The van der Waals surface area contributed by atoms with Crippen molar-refractivity contribution in [1.29, 1.82) is 0 Å². The van der Waals surface area contributed by atoms with Crippen LogP contribution in [0.15, 0.2) is 24.3 Å². The molecule has 0 saturated heterocycles. The molecule has 2 N–H and O–H groups in total. The number of hydrogen-bond donors (Lipinski definition) is 2. The number of benzene rings is 1. The molecule has 2 amide bonds. The van der Waals surface area contributed by atoms with E-state index in [9.17, 15) is 9.18 Å². The first-order chi connectivity index (χ1) is 9.06. The van der Waals surface area contributed by atoms with E-state index >= 15 is 0 Å². The van der Waals surface area contributed by atoms with Crippen molar-refractivity contribution in [3.63, 3.8) is 0 Å². The van der Waals surface area contributed by atoms with Crippen LogP contribution in [0.5, 0.6) is 0 Å². The molecule has 1 aliphatic carbocycles. The molecule has 0 radical (unpaired) electrons. The van der Waals surface area contributed by atoms with Gasteiger partial charge < -0.3 is 10.6 Å². The third kappa shape index (κ3) is 3.69. The summed E-state index contributed by atoms with van der Waals surface area (Å²) in [6.07, 6.45) is 3.42. The monoisotopic (exact) mass is 264 g/mol. The van der Waals surface area contributed by atoms with Gasteiger partial charge >= 0.3 is 6.03 Å². The van der Waals surface area contributed by atoms with Crippen LogP contribution in [-0.2, 0) is 0 Å². The smallest absolute Gasteiger partial charge is 0.319 e. The minimum Gasteiger partial charge on any atom is -0.335 e. The number of amides is 2. The zero-order valence-electron chi connectivity index (χ0n) is 11.4. The molecule has 19 heavy (non-hydrogen) atoms. The number of hydrogen-bond acceptors (Lipinski definition) is 1. The summed E-state index contributed by atoms with van der Waals surface area (Å²) in [6, 6.07) is 5.80. The summed E-state index contributed by atoms with van der Waals surface area (Å²) in [5.74, 6) is 0.832. The van der Waals surface area contributed by atoms with Gasteiger partial charge in [0.2, 0.25) is 0 Å². The van der Waals surface area contributed by atoms with Crippen LogP contribution in [-0.4, -0.2) is 12.1 Å². The second-order valence-electron chi connectivity index (χ2n) is 5.48. The van der Waals surface area contributed by atoms with Crippen LogP contribution in [0.3, 0.4) is 0 Å². The summed E-state index contributed by atoms with van der Waals surface area (Å²) in [6.45, 7) is 4.42. The van der Waals surface area contributed by atoms with Crippen LogP contribution in [0.1, 0.15) is 33.1 Å². The van der Waals surface area contributed by atoms with E-state index in [1.165, 1.54) is 18.6 Å². The molecule has 1 fully saturated rings. The lowest BCUT2D eigenvalue weighted by molar-refractivity contribution is 0.201. The summed E-state index contributed by atoms with van der Waals surface area (Å²) in [4.78, 5) is 11.9. The molecule has 2 rings (SSSR count). The minimum absolute atomic E-state index is 0.211. The molecular weight excluding hydrogens is 243 g/mol. The predicted molar refractivity (Wildman–Crippen MR) is 74.5 cm³/mol. The summed E-state index contributed by atoms with van der Waals surface area (Å²) in [5.41, 5.74) is 0.607. The zero-order valence-corrected chi connectivity index (χ0v) is 11.4. The molecule has 3 nitrogen and oxygen atoms in total. The Balaban J connectivity index is 1.88. The second kappa shape index (κ2) is 6.04. The Morgan fingerprint density at radius 2 is 1.89 bits per heavy atom. The van der Waals surface area contributed by atoms with E-state index in [2.05, 4.69) is 24.5 Å². The van der Waals surface area contributed by atoms with Crippen molar-refractivity contribution in [3.05, 3.63) is 30.1 Å². The van der Waals surface area contributed by atoms with Crippen LogP contribution in [0.25, 0.3) is 0 Å². The third-order valence-electron chi connectivity index (χ3n) is 4.13. The Morgan fingerprint density at radius 3 is 2.58 bits per heavy atom. The van der Waals surface area contributed by atoms with Crippen molar-refractivity contribution in [3.8, 4) is 0 Å². The van der Waals surface area contributed by atoms with Gasteiger partial charge in [0.15, 0.2) is 0 Å². The van der Waals surface area contributed by atoms with E-state index in [0.717, 1.165) is 12.8 Å². The molecule has 0 unspecified atom stereocenters. The molecule has 3 atom stereocenters. The van der Waals surface area contributed by atoms with Gasteiger partial charge in [-0.3, -0.25) is 0 Å². The van der Waals surface area contributed by atoms with E-state index in [1.807, 2.05) is 0 Å². The van der Waals surface area contributed by atoms with Crippen molar-refractivity contribution in [2.24, 2.45) is 11.8 Å². The molecule has 1 aliphatic rings. The highest BCUT2D eigenvalue weighted by molar-refractivity contribution is 5.89. The molecule has 1 aromatic carbocycles. The van der Waals surface area contributed by atoms with Gasteiger partial charge in [0.25, 0.3) is 0 Å². The van der Waals surface area contributed by atoms with Crippen LogP contribution < -0.4 is 10.6 Å². The average Bonchev–Trinajstić information content (AvgIpc) is 2.38. The van der Waals surface area contributed by atoms with Crippen molar-refractivity contribution in [2.45, 2.75) is 39.2 Å². The van der Waals surface area contributed by atoms with Gasteiger partial charge in [0, 0.05) is 11.7 Å². The Labute approximate surface area is 113 Å². The highest BCUT2D eigenvalue weighted by Crippen LogP contribution is 2.29. The number of halogens is 1. The molecule has 1 aromatic rings.